The van der Waals surface area contributed by atoms with Crippen LogP contribution in [0.5, 0.6) is 0 Å². The lowest BCUT2D eigenvalue weighted by molar-refractivity contribution is 0.0586. The molecule has 0 radical (unpaired) electrons. The fraction of sp³-hybridized carbons (Fsp3) is 1.00. The molecule has 2 heteroatoms. The third-order valence-electron chi connectivity index (χ3n) is 4.49. The highest BCUT2D eigenvalue weighted by atomic mass is 16.5. The Kier molecular flexibility index (Phi) is 5.77. The molecule has 96 valence electrons. The van der Waals surface area contributed by atoms with Gasteiger partial charge in [-0.25, -0.2) is 0 Å². The van der Waals surface area contributed by atoms with E-state index in [1.165, 1.54) is 19.3 Å². The van der Waals surface area contributed by atoms with E-state index in [1.54, 1.807) is 7.11 Å². The molecular weight excluding hydrogens is 198 g/mol. The number of hydrogen-bond acceptors (Lipinski definition) is 2. The van der Waals surface area contributed by atoms with E-state index < -0.39 is 0 Å². The summed E-state index contributed by atoms with van der Waals surface area (Å²) in [6.45, 7) is 8.76. The fourth-order valence-corrected chi connectivity index (χ4v) is 3.28. The number of rotatable bonds is 5. The highest BCUT2D eigenvalue weighted by Crippen LogP contribution is 2.40. The quantitative estimate of drug-likeness (QED) is 0.784. The largest absolute Gasteiger partial charge is 0.384 e. The van der Waals surface area contributed by atoms with E-state index >= 15 is 0 Å². The van der Waals surface area contributed by atoms with E-state index in [2.05, 4.69) is 20.8 Å². The zero-order valence-electron chi connectivity index (χ0n) is 11.4. The Hall–Kier alpha value is -0.0800. The fourth-order valence-electron chi connectivity index (χ4n) is 3.28. The summed E-state index contributed by atoms with van der Waals surface area (Å²) >= 11 is 0. The van der Waals surface area contributed by atoms with Gasteiger partial charge in [-0.05, 0) is 55.4 Å². The molecule has 4 atom stereocenters. The van der Waals surface area contributed by atoms with E-state index in [1.807, 2.05) is 0 Å². The molecule has 4 unspecified atom stereocenters. The predicted molar refractivity (Wildman–Crippen MR) is 69.3 cm³/mol. The van der Waals surface area contributed by atoms with Gasteiger partial charge in [0.05, 0.1) is 0 Å². The zero-order chi connectivity index (χ0) is 12.1. The monoisotopic (exact) mass is 227 g/mol. The molecule has 0 aromatic heterocycles. The van der Waals surface area contributed by atoms with Gasteiger partial charge in [-0.2, -0.15) is 0 Å². The van der Waals surface area contributed by atoms with E-state index in [9.17, 15) is 0 Å². The minimum absolute atomic E-state index is 0.653. The summed E-state index contributed by atoms with van der Waals surface area (Å²) in [4.78, 5) is 0. The third-order valence-corrected chi connectivity index (χ3v) is 4.49. The van der Waals surface area contributed by atoms with Gasteiger partial charge >= 0.3 is 0 Å². The molecule has 0 bridgehead atoms. The summed E-state index contributed by atoms with van der Waals surface area (Å²) in [5, 5.41) is 0. The summed E-state index contributed by atoms with van der Waals surface area (Å²) < 4.78 is 5.30. The molecule has 0 amide bonds. The van der Waals surface area contributed by atoms with Crippen LogP contribution in [-0.4, -0.2) is 20.3 Å². The zero-order valence-corrected chi connectivity index (χ0v) is 11.4. The second-order valence-corrected chi connectivity index (χ2v) is 5.91. The first-order valence-electron chi connectivity index (χ1n) is 6.79. The number of methoxy groups -OCH3 is 1. The molecule has 0 aromatic rings. The van der Waals surface area contributed by atoms with Crippen molar-refractivity contribution in [3.63, 3.8) is 0 Å². The summed E-state index contributed by atoms with van der Waals surface area (Å²) in [7, 11) is 1.80. The van der Waals surface area contributed by atoms with Gasteiger partial charge in [0.15, 0.2) is 0 Å². The van der Waals surface area contributed by atoms with Crippen LogP contribution in [0.4, 0.5) is 0 Å². The van der Waals surface area contributed by atoms with Crippen LogP contribution < -0.4 is 5.73 Å². The van der Waals surface area contributed by atoms with Crippen molar-refractivity contribution in [2.24, 2.45) is 35.3 Å². The minimum atomic E-state index is 0.653. The second-order valence-electron chi connectivity index (χ2n) is 5.91. The first-order chi connectivity index (χ1) is 7.60. The summed E-state index contributed by atoms with van der Waals surface area (Å²) in [6.07, 6.45) is 4.04. The molecule has 1 aliphatic rings. The highest BCUT2D eigenvalue weighted by Gasteiger charge is 2.33. The van der Waals surface area contributed by atoms with Crippen molar-refractivity contribution in [3.05, 3.63) is 0 Å². The molecule has 2 nitrogen and oxygen atoms in total. The Labute approximate surface area is 101 Å². The Morgan fingerprint density at radius 2 is 1.94 bits per heavy atom. The van der Waals surface area contributed by atoms with Crippen molar-refractivity contribution in [3.8, 4) is 0 Å². The molecule has 0 aliphatic heterocycles. The van der Waals surface area contributed by atoms with Crippen molar-refractivity contribution in [1.29, 1.82) is 0 Å². The van der Waals surface area contributed by atoms with Crippen LogP contribution in [0.1, 0.15) is 40.0 Å². The Balaban J connectivity index is 2.59. The van der Waals surface area contributed by atoms with Crippen LogP contribution in [0.2, 0.25) is 0 Å². The minimum Gasteiger partial charge on any atom is -0.384 e. The van der Waals surface area contributed by atoms with Gasteiger partial charge < -0.3 is 10.5 Å². The number of nitrogens with two attached hydrogens (primary N) is 1. The number of hydrogen-bond donors (Lipinski definition) is 1. The molecule has 1 saturated carbocycles. The molecule has 0 saturated heterocycles. The van der Waals surface area contributed by atoms with Gasteiger partial charge in [0, 0.05) is 13.7 Å². The molecule has 0 aromatic carbocycles. The van der Waals surface area contributed by atoms with Crippen LogP contribution >= 0.6 is 0 Å². The first kappa shape index (κ1) is 14.0. The Bertz CT molecular complexity index is 193. The standard InChI is InChI=1S/C14H29NO/c1-10(2)12-5-6-13(8-15)14(7-12)11(3)9-16-4/h10-14H,5-9,15H2,1-4H3. The van der Waals surface area contributed by atoms with E-state index in [0.717, 1.165) is 36.8 Å². The lowest BCUT2D eigenvalue weighted by atomic mass is 9.66. The Morgan fingerprint density at radius 3 is 2.44 bits per heavy atom. The molecule has 0 heterocycles. The molecule has 1 rings (SSSR count). The average molecular weight is 227 g/mol. The predicted octanol–water partition coefficient (Wildman–Crippen LogP) is 2.92. The van der Waals surface area contributed by atoms with E-state index in [-0.39, 0.29) is 0 Å². The molecule has 1 fully saturated rings. The maximum Gasteiger partial charge on any atom is 0.0490 e. The molecular formula is C14H29NO. The molecule has 2 N–H and O–H groups in total. The van der Waals surface area contributed by atoms with Gasteiger partial charge in [-0.1, -0.05) is 20.8 Å². The third kappa shape index (κ3) is 3.46. The van der Waals surface area contributed by atoms with Gasteiger partial charge in [0.2, 0.25) is 0 Å². The van der Waals surface area contributed by atoms with E-state index in [4.69, 9.17) is 10.5 Å². The lowest BCUT2D eigenvalue weighted by Crippen LogP contribution is -2.36. The summed E-state index contributed by atoms with van der Waals surface area (Å²) in [5.74, 6) is 3.86. The van der Waals surface area contributed by atoms with Crippen LogP contribution in [0.25, 0.3) is 0 Å². The van der Waals surface area contributed by atoms with Crippen molar-refractivity contribution >= 4 is 0 Å². The maximum atomic E-state index is 5.91. The average Bonchev–Trinajstić information content (AvgIpc) is 2.28. The van der Waals surface area contributed by atoms with Crippen molar-refractivity contribution < 1.29 is 4.74 Å². The molecule has 16 heavy (non-hydrogen) atoms. The number of ether oxygens (including phenoxy) is 1. The summed E-state index contributed by atoms with van der Waals surface area (Å²) in [5.41, 5.74) is 5.91. The van der Waals surface area contributed by atoms with Crippen LogP contribution in [0, 0.1) is 29.6 Å². The highest BCUT2D eigenvalue weighted by molar-refractivity contribution is 4.84. The van der Waals surface area contributed by atoms with Gasteiger partial charge in [0.25, 0.3) is 0 Å². The lowest BCUT2D eigenvalue weighted by Gasteiger charge is -2.40. The van der Waals surface area contributed by atoms with Crippen molar-refractivity contribution in [2.75, 3.05) is 20.3 Å². The van der Waals surface area contributed by atoms with Crippen LogP contribution in [-0.2, 0) is 4.74 Å². The normalized spacial score (nSPS) is 33.0. The SMILES string of the molecule is COCC(C)C1CC(C(C)C)CCC1CN. The van der Waals surface area contributed by atoms with Crippen LogP contribution in [0.15, 0.2) is 0 Å². The van der Waals surface area contributed by atoms with Gasteiger partial charge in [-0.3, -0.25) is 0 Å². The Morgan fingerprint density at radius 1 is 1.25 bits per heavy atom. The first-order valence-corrected chi connectivity index (χ1v) is 6.79. The molecule has 0 spiro atoms. The smallest absolute Gasteiger partial charge is 0.0490 e. The molecule has 1 aliphatic carbocycles. The van der Waals surface area contributed by atoms with E-state index in [0.29, 0.717) is 5.92 Å². The summed E-state index contributed by atoms with van der Waals surface area (Å²) in [6, 6.07) is 0. The van der Waals surface area contributed by atoms with Crippen molar-refractivity contribution in [2.45, 2.75) is 40.0 Å². The van der Waals surface area contributed by atoms with Crippen molar-refractivity contribution in [1.82, 2.24) is 0 Å². The van der Waals surface area contributed by atoms with Crippen LogP contribution in [0.3, 0.4) is 0 Å². The maximum absolute atomic E-state index is 5.91. The van der Waals surface area contributed by atoms with Gasteiger partial charge in [0.1, 0.15) is 0 Å². The topological polar surface area (TPSA) is 35.2 Å². The van der Waals surface area contributed by atoms with Gasteiger partial charge in [-0.15, -0.1) is 0 Å². The second kappa shape index (κ2) is 6.61.